The Balaban J connectivity index is 1.78. The maximum Gasteiger partial charge on any atom is 0.177 e. The van der Waals surface area contributed by atoms with Crippen LogP contribution >= 0.6 is 0 Å². The summed E-state index contributed by atoms with van der Waals surface area (Å²) in [5.74, 6) is 0.529. The fourth-order valence-corrected chi connectivity index (χ4v) is 4.56. The number of rotatable bonds is 4. The highest BCUT2D eigenvalue weighted by Crippen LogP contribution is 2.67. The standard InChI is InChI=1S/C21H20O2/c22-19(15-9-3-1-4-10-15)21(17-13-7-8-14-18(17)21)20(23)16-11-5-2-6-12-16/h1-6,9-12,17-18H,7-8,13-14H2/t17-,18-/m1/s1. The molecule has 0 N–H and O–H groups in total. The summed E-state index contributed by atoms with van der Waals surface area (Å²) in [6, 6.07) is 18.7. The van der Waals surface area contributed by atoms with Crippen molar-refractivity contribution in [3.8, 4) is 0 Å². The molecule has 4 rings (SSSR count). The van der Waals surface area contributed by atoms with Crippen molar-refractivity contribution in [2.45, 2.75) is 25.7 Å². The van der Waals surface area contributed by atoms with Gasteiger partial charge in [-0.3, -0.25) is 9.59 Å². The quantitative estimate of drug-likeness (QED) is 0.613. The van der Waals surface area contributed by atoms with Gasteiger partial charge in [0, 0.05) is 11.1 Å². The molecule has 0 heterocycles. The van der Waals surface area contributed by atoms with Gasteiger partial charge in [-0.25, -0.2) is 0 Å². The maximum atomic E-state index is 13.3. The zero-order chi connectivity index (χ0) is 15.9. The lowest BCUT2D eigenvalue weighted by molar-refractivity contribution is 0.0754. The number of carbonyl (C=O) groups excluding carboxylic acids is 2. The second-order valence-corrected chi connectivity index (χ2v) is 6.76. The summed E-state index contributed by atoms with van der Waals surface area (Å²) < 4.78 is 0. The lowest BCUT2D eigenvalue weighted by Crippen LogP contribution is -2.30. The minimum absolute atomic E-state index is 0.0313. The van der Waals surface area contributed by atoms with Crippen molar-refractivity contribution in [1.82, 2.24) is 0 Å². The Labute approximate surface area is 136 Å². The molecule has 2 nitrogen and oxygen atoms in total. The molecule has 2 aliphatic rings. The molecule has 0 saturated heterocycles. The number of fused-ring (bicyclic) bond motifs is 1. The van der Waals surface area contributed by atoms with E-state index in [2.05, 4.69) is 0 Å². The number of benzene rings is 2. The molecular weight excluding hydrogens is 284 g/mol. The summed E-state index contributed by atoms with van der Waals surface area (Å²) in [7, 11) is 0. The van der Waals surface area contributed by atoms with Crippen molar-refractivity contribution in [2.24, 2.45) is 17.3 Å². The van der Waals surface area contributed by atoms with E-state index in [1.54, 1.807) is 0 Å². The van der Waals surface area contributed by atoms with Gasteiger partial charge in [0.15, 0.2) is 11.6 Å². The fraction of sp³-hybridized carbons (Fsp3) is 0.333. The van der Waals surface area contributed by atoms with Gasteiger partial charge in [0.2, 0.25) is 0 Å². The number of hydrogen-bond acceptors (Lipinski definition) is 2. The SMILES string of the molecule is O=C(c1ccccc1)C1(C(=O)c2ccccc2)[C@@H]2CCCC[C@H]21. The largest absolute Gasteiger partial charge is 0.293 e. The molecule has 2 saturated carbocycles. The van der Waals surface area contributed by atoms with Gasteiger partial charge < -0.3 is 0 Å². The van der Waals surface area contributed by atoms with Crippen LogP contribution in [0.2, 0.25) is 0 Å². The molecule has 0 aromatic heterocycles. The summed E-state index contributed by atoms with van der Waals surface area (Å²) in [6.45, 7) is 0. The van der Waals surface area contributed by atoms with Crippen LogP contribution in [0.1, 0.15) is 46.4 Å². The highest BCUT2D eigenvalue weighted by molar-refractivity contribution is 6.22. The van der Waals surface area contributed by atoms with Crippen LogP contribution in [0.3, 0.4) is 0 Å². The first-order chi connectivity index (χ1) is 11.3. The summed E-state index contributed by atoms with van der Waals surface area (Å²) >= 11 is 0. The lowest BCUT2D eigenvalue weighted by atomic mass is 9.83. The molecule has 2 aromatic rings. The summed E-state index contributed by atoms with van der Waals surface area (Å²) in [5.41, 5.74) is 0.538. The first-order valence-electron chi connectivity index (χ1n) is 8.46. The molecule has 2 atom stereocenters. The zero-order valence-electron chi connectivity index (χ0n) is 13.1. The summed E-state index contributed by atoms with van der Waals surface area (Å²) in [6.07, 6.45) is 4.27. The van der Waals surface area contributed by atoms with Crippen LogP contribution in [0, 0.1) is 17.3 Å². The third kappa shape index (κ3) is 2.08. The van der Waals surface area contributed by atoms with Gasteiger partial charge in [0.25, 0.3) is 0 Å². The van der Waals surface area contributed by atoms with Gasteiger partial charge in [0.1, 0.15) is 5.41 Å². The molecule has 116 valence electrons. The Morgan fingerprint density at radius 1 is 0.696 bits per heavy atom. The molecule has 0 bridgehead atoms. The Morgan fingerprint density at radius 2 is 1.09 bits per heavy atom. The van der Waals surface area contributed by atoms with E-state index in [1.165, 1.54) is 0 Å². The van der Waals surface area contributed by atoms with Crippen LogP contribution < -0.4 is 0 Å². The molecule has 2 heteroatoms. The van der Waals surface area contributed by atoms with E-state index in [0.717, 1.165) is 25.7 Å². The third-order valence-corrected chi connectivity index (χ3v) is 5.65. The Hall–Kier alpha value is -2.22. The van der Waals surface area contributed by atoms with Crippen LogP contribution in [-0.2, 0) is 0 Å². The fourth-order valence-electron chi connectivity index (χ4n) is 4.56. The second kappa shape index (κ2) is 5.45. The van der Waals surface area contributed by atoms with Gasteiger partial charge in [-0.05, 0) is 24.7 Å². The van der Waals surface area contributed by atoms with Crippen molar-refractivity contribution < 1.29 is 9.59 Å². The van der Waals surface area contributed by atoms with Gasteiger partial charge in [-0.2, -0.15) is 0 Å². The molecule has 0 unspecified atom stereocenters. The van der Waals surface area contributed by atoms with Crippen molar-refractivity contribution in [2.75, 3.05) is 0 Å². The Morgan fingerprint density at radius 3 is 1.48 bits per heavy atom. The number of Topliss-reactive ketones (excluding diaryl/α,β-unsaturated/α-hetero) is 2. The summed E-state index contributed by atoms with van der Waals surface area (Å²) in [4.78, 5) is 26.6. The molecule has 0 spiro atoms. The van der Waals surface area contributed by atoms with Gasteiger partial charge in [-0.15, -0.1) is 0 Å². The van der Waals surface area contributed by atoms with Crippen LogP contribution in [0.4, 0.5) is 0 Å². The van der Waals surface area contributed by atoms with E-state index in [9.17, 15) is 9.59 Å². The number of carbonyl (C=O) groups is 2. The van der Waals surface area contributed by atoms with Gasteiger partial charge in [-0.1, -0.05) is 73.5 Å². The first kappa shape index (κ1) is 14.4. The molecular formula is C21H20O2. The van der Waals surface area contributed by atoms with E-state index >= 15 is 0 Å². The monoisotopic (exact) mass is 304 g/mol. The molecule has 2 aliphatic carbocycles. The third-order valence-electron chi connectivity index (χ3n) is 5.65. The molecule has 23 heavy (non-hydrogen) atoms. The molecule has 0 aliphatic heterocycles. The maximum absolute atomic E-state index is 13.3. The van der Waals surface area contributed by atoms with E-state index in [1.807, 2.05) is 60.7 Å². The Kier molecular flexibility index (Phi) is 3.41. The van der Waals surface area contributed by atoms with Crippen LogP contribution in [0.5, 0.6) is 0 Å². The lowest BCUT2D eigenvalue weighted by Gasteiger charge is -2.16. The highest BCUT2D eigenvalue weighted by Gasteiger charge is 2.72. The normalized spacial score (nSPS) is 24.5. The van der Waals surface area contributed by atoms with Gasteiger partial charge >= 0.3 is 0 Å². The van der Waals surface area contributed by atoms with Gasteiger partial charge in [0.05, 0.1) is 0 Å². The average molecular weight is 304 g/mol. The smallest absolute Gasteiger partial charge is 0.177 e. The summed E-state index contributed by atoms with van der Waals surface area (Å²) in [5, 5.41) is 0. The van der Waals surface area contributed by atoms with Crippen molar-refractivity contribution >= 4 is 11.6 Å². The predicted octanol–water partition coefficient (Wildman–Crippen LogP) is 4.56. The second-order valence-electron chi connectivity index (χ2n) is 6.76. The van der Waals surface area contributed by atoms with Crippen molar-refractivity contribution in [1.29, 1.82) is 0 Å². The minimum atomic E-state index is -0.806. The molecule has 0 amide bonds. The molecule has 2 aromatic carbocycles. The van der Waals surface area contributed by atoms with Crippen molar-refractivity contribution in [3.05, 3.63) is 71.8 Å². The topological polar surface area (TPSA) is 34.1 Å². The zero-order valence-corrected chi connectivity index (χ0v) is 13.1. The number of hydrogen-bond donors (Lipinski definition) is 0. The van der Waals surface area contributed by atoms with E-state index < -0.39 is 5.41 Å². The molecule has 2 fully saturated rings. The van der Waals surface area contributed by atoms with E-state index in [4.69, 9.17) is 0 Å². The Bertz CT molecular complexity index is 667. The average Bonchev–Trinajstić information content (AvgIpc) is 3.32. The minimum Gasteiger partial charge on any atom is -0.293 e. The first-order valence-corrected chi connectivity index (χ1v) is 8.46. The highest BCUT2D eigenvalue weighted by atomic mass is 16.2. The van der Waals surface area contributed by atoms with Crippen LogP contribution in [0.25, 0.3) is 0 Å². The molecule has 0 radical (unpaired) electrons. The van der Waals surface area contributed by atoms with E-state index in [0.29, 0.717) is 11.1 Å². The van der Waals surface area contributed by atoms with Crippen LogP contribution in [0.15, 0.2) is 60.7 Å². The van der Waals surface area contributed by atoms with Crippen molar-refractivity contribution in [3.63, 3.8) is 0 Å². The van der Waals surface area contributed by atoms with E-state index in [-0.39, 0.29) is 23.4 Å². The number of ketones is 2. The predicted molar refractivity (Wildman–Crippen MR) is 89.4 cm³/mol. The van der Waals surface area contributed by atoms with Crippen LogP contribution in [-0.4, -0.2) is 11.6 Å².